The summed E-state index contributed by atoms with van der Waals surface area (Å²) in [5.74, 6) is -0.510. The lowest BCUT2D eigenvalue weighted by molar-refractivity contribution is -0.148. The molecular weight excluding hydrogens is 236 g/mol. The van der Waals surface area contributed by atoms with Crippen molar-refractivity contribution in [1.82, 2.24) is 0 Å². The van der Waals surface area contributed by atoms with Crippen molar-refractivity contribution < 1.29 is 23.8 Å². The highest BCUT2D eigenvalue weighted by Gasteiger charge is 2.17. The third-order valence-corrected chi connectivity index (χ3v) is 2.08. The molecule has 98 valence electrons. The molecule has 0 spiro atoms. The lowest BCUT2D eigenvalue weighted by atomic mass is 10.2. The molecule has 18 heavy (non-hydrogen) atoms. The quantitative estimate of drug-likeness (QED) is 0.594. The molecule has 1 rings (SSSR count). The number of benzene rings is 1. The number of para-hydroxylation sites is 1. The Labute approximate surface area is 106 Å². The van der Waals surface area contributed by atoms with Crippen LogP contribution >= 0.6 is 0 Å². The molecule has 1 aromatic rings. The van der Waals surface area contributed by atoms with E-state index in [1.54, 1.807) is 44.2 Å². The number of carbonyl (C=O) groups excluding carboxylic acids is 2. The van der Waals surface area contributed by atoms with Crippen LogP contribution in [0, 0.1) is 5.92 Å². The number of hydrogen-bond acceptors (Lipinski definition) is 5. The molecule has 0 aliphatic rings. The summed E-state index contributed by atoms with van der Waals surface area (Å²) in [6.45, 7) is 3.57. The fraction of sp³-hybridized carbons (Fsp3) is 0.385. The smallest absolute Gasteiger partial charge is 0.466 e. The van der Waals surface area contributed by atoms with Crippen LogP contribution in [0.3, 0.4) is 0 Å². The van der Waals surface area contributed by atoms with E-state index in [0.717, 1.165) is 0 Å². The molecule has 0 aromatic heterocycles. The minimum absolute atomic E-state index is 0.0650. The van der Waals surface area contributed by atoms with Gasteiger partial charge in [-0.3, -0.25) is 4.79 Å². The fourth-order valence-corrected chi connectivity index (χ4v) is 1.16. The highest BCUT2D eigenvalue weighted by atomic mass is 16.7. The Kier molecular flexibility index (Phi) is 5.70. The second kappa shape index (κ2) is 7.32. The molecule has 0 radical (unpaired) electrons. The lowest BCUT2D eigenvalue weighted by Crippen LogP contribution is -2.23. The summed E-state index contributed by atoms with van der Waals surface area (Å²) in [4.78, 5) is 22.6. The van der Waals surface area contributed by atoms with Gasteiger partial charge in [0.2, 0.25) is 0 Å². The van der Waals surface area contributed by atoms with E-state index in [2.05, 4.69) is 0 Å². The van der Waals surface area contributed by atoms with Gasteiger partial charge in [-0.05, 0) is 26.0 Å². The first-order valence-corrected chi connectivity index (χ1v) is 5.69. The van der Waals surface area contributed by atoms with Crippen molar-refractivity contribution in [2.45, 2.75) is 13.8 Å². The SMILES string of the molecule is CCOC(=O)C(C)COC(=O)Oc1ccccc1. The Balaban J connectivity index is 2.31. The van der Waals surface area contributed by atoms with Crippen molar-refractivity contribution in [3.05, 3.63) is 30.3 Å². The van der Waals surface area contributed by atoms with Gasteiger partial charge in [-0.15, -0.1) is 0 Å². The number of ether oxygens (including phenoxy) is 3. The van der Waals surface area contributed by atoms with Crippen molar-refractivity contribution in [1.29, 1.82) is 0 Å². The number of rotatable bonds is 5. The molecule has 0 N–H and O–H groups in total. The zero-order chi connectivity index (χ0) is 13.4. The summed E-state index contributed by atoms with van der Waals surface area (Å²) in [5.41, 5.74) is 0. The molecule has 0 amide bonds. The summed E-state index contributed by atoms with van der Waals surface area (Å²) >= 11 is 0. The third kappa shape index (κ3) is 4.86. The van der Waals surface area contributed by atoms with Crippen LogP contribution in [0.4, 0.5) is 4.79 Å². The van der Waals surface area contributed by atoms with Crippen LogP contribution in [0.5, 0.6) is 5.75 Å². The molecule has 0 aliphatic carbocycles. The predicted octanol–water partition coefficient (Wildman–Crippen LogP) is 2.40. The van der Waals surface area contributed by atoms with Gasteiger partial charge in [0.1, 0.15) is 12.4 Å². The maximum absolute atomic E-state index is 11.3. The number of carbonyl (C=O) groups is 2. The second-order valence-corrected chi connectivity index (χ2v) is 3.63. The summed E-state index contributed by atoms with van der Waals surface area (Å²) in [6, 6.07) is 8.56. The van der Waals surface area contributed by atoms with E-state index in [-0.39, 0.29) is 6.61 Å². The molecule has 1 aromatic carbocycles. The number of hydrogen-bond donors (Lipinski definition) is 0. The zero-order valence-electron chi connectivity index (χ0n) is 10.4. The molecule has 5 heteroatoms. The topological polar surface area (TPSA) is 61.8 Å². The van der Waals surface area contributed by atoms with Gasteiger partial charge in [0, 0.05) is 0 Å². The maximum Gasteiger partial charge on any atom is 0.513 e. The molecular formula is C13H16O5. The van der Waals surface area contributed by atoms with Crippen molar-refractivity contribution in [3.63, 3.8) is 0 Å². The van der Waals surface area contributed by atoms with Crippen LogP contribution in [0.25, 0.3) is 0 Å². The molecule has 0 saturated heterocycles. The average Bonchev–Trinajstić information content (AvgIpc) is 2.37. The van der Waals surface area contributed by atoms with Gasteiger partial charge in [-0.1, -0.05) is 18.2 Å². The second-order valence-electron chi connectivity index (χ2n) is 3.63. The Morgan fingerprint density at radius 1 is 1.17 bits per heavy atom. The summed E-state index contributed by atoms with van der Waals surface area (Å²) in [7, 11) is 0. The standard InChI is InChI=1S/C13H16O5/c1-3-16-12(14)10(2)9-17-13(15)18-11-7-5-4-6-8-11/h4-8,10H,3,9H2,1-2H3. The van der Waals surface area contributed by atoms with Gasteiger partial charge in [-0.2, -0.15) is 0 Å². The van der Waals surface area contributed by atoms with E-state index in [9.17, 15) is 9.59 Å². The van der Waals surface area contributed by atoms with Gasteiger partial charge in [0.05, 0.1) is 12.5 Å². The highest BCUT2D eigenvalue weighted by molar-refractivity contribution is 5.72. The first-order valence-electron chi connectivity index (χ1n) is 5.69. The molecule has 1 unspecified atom stereocenters. The molecule has 0 fully saturated rings. The van der Waals surface area contributed by atoms with Gasteiger partial charge in [0.25, 0.3) is 0 Å². The van der Waals surface area contributed by atoms with Gasteiger partial charge < -0.3 is 14.2 Å². The Bertz CT molecular complexity index is 388. The van der Waals surface area contributed by atoms with Crippen LogP contribution in [-0.2, 0) is 14.3 Å². The van der Waals surface area contributed by atoms with Crippen LogP contribution in [0.1, 0.15) is 13.8 Å². The summed E-state index contributed by atoms with van der Waals surface area (Å²) in [6.07, 6.45) is -0.836. The van der Waals surface area contributed by atoms with Crippen molar-refractivity contribution in [2.75, 3.05) is 13.2 Å². The van der Waals surface area contributed by atoms with Crippen molar-refractivity contribution in [3.8, 4) is 5.75 Å². The third-order valence-electron chi connectivity index (χ3n) is 2.08. The summed E-state index contributed by atoms with van der Waals surface area (Å²) in [5, 5.41) is 0. The Morgan fingerprint density at radius 2 is 1.83 bits per heavy atom. The minimum atomic E-state index is -0.836. The normalized spacial score (nSPS) is 11.4. The fourth-order valence-electron chi connectivity index (χ4n) is 1.16. The van der Waals surface area contributed by atoms with Crippen LogP contribution in [0.15, 0.2) is 30.3 Å². The molecule has 0 saturated carbocycles. The maximum atomic E-state index is 11.3. The molecule has 0 aliphatic heterocycles. The van der Waals surface area contributed by atoms with Gasteiger partial charge in [-0.25, -0.2) is 4.79 Å². The van der Waals surface area contributed by atoms with Crippen molar-refractivity contribution in [2.24, 2.45) is 5.92 Å². The summed E-state index contributed by atoms with van der Waals surface area (Å²) < 4.78 is 14.5. The van der Waals surface area contributed by atoms with E-state index >= 15 is 0 Å². The van der Waals surface area contributed by atoms with Crippen LogP contribution < -0.4 is 4.74 Å². The van der Waals surface area contributed by atoms with Gasteiger partial charge in [0.15, 0.2) is 0 Å². The predicted molar refractivity (Wildman–Crippen MR) is 64.2 cm³/mol. The average molecular weight is 252 g/mol. The Morgan fingerprint density at radius 3 is 2.44 bits per heavy atom. The van der Waals surface area contributed by atoms with E-state index in [1.807, 2.05) is 0 Å². The largest absolute Gasteiger partial charge is 0.513 e. The van der Waals surface area contributed by atoms with Crippen LogP contribution in [-0.4, -0.2) is 25.3 Å². The van der Waals surface area contributed by atoms with Crippen molar-refractivity contribution >= 4 is 12.1 Å². The minimum Gasteiger partial charge on any atom is -0.466 e. The lowest BCUT2D eigenvalue weighted by Gasteiger charge is -2.10. The molecule has 0 bridgehead atoms. The number of esters is 1. The molecule has 0 heterocycles. The van der Waals surface area contributed by atoms with E-state index in [4.69, 9.17) is 14.2 Å². The van der Waals surface area contributed by atoms with E-state index in [0.29, 0.717) is 12.4 Å². The van der Waals surface area contributed by atoms with E-state index in [1.165, 1.54) is 0 Å². The Hall–Kier alpha value is -2.04. The van der Waals surface area contributed by atoms with Crippen LogP contribution in [0.2, 0.25) is 0 Å². The molecule has 5 nitrogen and oxygen atoms in total. The first-order chi connectivity index (χ1) is 8.63. The first kappa shape index (κ1) is 14.0. The van der Waals surface area contributed by atoms with E-state index < -0.39 is 18.0 Å². The highest BCUT2D eigenvalue weighted by Crippen LogP contribution is 2.09. The van der Waals surface area contributed by atoms with Gasteiger partial charge >= 0.3 is 12.1 Å². The monoisotopic (exact) mass is 252 g/mol. The zero-order valence-corrected chi connectivity index (χ0v) is 10.4. The molecule has 1 atom stereocenters.